The molecule has 0 bridgehead atoms. The summed E-state index contributed by atoms with van der Waals surface area (Å²) >= 11 is 0. The van der Waals surface area contributed by atoms with Crippen LogP contribution in [-0.4, -0.2) is 63.1 Å². The molecule has 0 aromatic heterocycles. The highest BCUT2D eigenvalue weighted by atomic mass is 32.2. The van der Waals surface area contributed by atoms with Crippen molar-refractivity contribution in [2.24, 2.45) is 0 Å². The maximum absolute atomic E-state index is 14.2. The van der Waals surface area contributed by atoms with Crippen molar-refractivity contribution in [1.29, 1.82) is 0 Å². The largest absolute Gasteiger partial charge is 0.483 e. The van der Waals surface area contributed by atoms with E-state index in [1.54, 1.807) is 29.4 Å². The van der Waals surface area contributed by atoms with Crippen molar-refractivity contribution in [2.45, 2.75) is 26.0 Å². The maximum atomic E-state index is 14.2. The number of nitrogens with zero attached hydrogens (tertiary/aromatic N) is 3. The first kappa shape index (κ1) is 22.0. The molecule has 1 saturated heterocycles. The van der Waals surface area contributed by atoms with Gasteiger partial charge in [-0.1, -0.05) is 18.2 Å². The van der Waals surface area contributed by atoms with Crippen molar-refractivity contribution in [3.8, 4) is 5.75 Å². The summed E-state index contributed by atoms with van der Waals surface area (Å²) in [7, 11) is -1.06. The SMILES string of the molecule is CCS(=O)(=O)N1CCN(c2ccc3c(c2)CN(C)CCC3Oc2ccccc2F)CC1. The van der Waals surface area contributed by atoms with Crippen molar-refractivity contribution in [1.82, 2.24) is 9.21 Å². The summed E-state index contributed by atoms with van der Waals surface area (Å²) in [6, 6.07) is 12.9. The van der Waals surface area contributed by atoms with Gasteiger partial charge in [-0.2, -0.15) is 4.31 Å². The molecule has 168 valence electrons. The van der Waals surface area contributed by atoms with Crippen LogP contribution in [0.3, 0.4) is 0 Å². The van der Waals surface area contributed by atoms with E-state index in [9.17, 15) is 12.8 Å². The minimum atomic E-state index is -3.14. The van der Waals surface area contributed by atoms with Crippen LogP contribution in [-0.2, 0) is 16.6 Å². The smallest absolute Gasteiger partial charge is 0.213 e. The predicted octanol–water partition coefficient (Wildman–Crippen LogP) is 3.25. The lowest BCUT2D eigenvalue weighted by Crippen LogP contribution is -2.49. The maximum Gasteiger partial charge on any atom is 0.213 e. The highest BCUT2D eigenvalue weighted by molar-refractivity contribution is 7.89. The molecule has 2 heterocycles. The van der Waals surface area contributed by atoms with Crippen LogP contribution in [0.1, 0.15) is 30.6 Å². The van der Waals surface area contributed by atoms with Gasteiger partial charge in [0.15, 0.2) is 11.6 Å². The Hall–Kier alpha value is -2.16. The van der Waals surface area contributed by atoms with E-state index in [1.165, 1.54) is 11.6 Å². The fourth-order valence-corrected chi connectivity index (χ4v) is 5.41. The molecule has 0 aliphatic carbocycles. The van der Waals surface area contributed by atoms with Gasteiger partial charge in [0.25, 0.3) is 0 Å². The highest BCUT2D eigenvalue weighted by Gasteiger charge is 2.27. The van der Waals surface area contributed by atoms with E-state index in [0.717, 1.165) is 30.8 Å². The summed E-state index contributed by atoms with van der Waals surface area (Å²) < 4.78 is 46.1. The van der Waals surface area contributed by atoms with Crippen LogP contribution in [0.2, 0.25) is 0 Å². The lowest BCUT2D eigenvalue weighted by molar-refractivity contribution is 0.175. The molecular weight excluding hydrogens is 417 g/mol. The van der Waals surface area contributed by atoms with E-state index in [0.29, 0.717) is 26.2 Å². The Labute approximate surface area is 184 Å². The third-order valence-electron chi connectivity index (χ3n) is 6.15. The molecule has 0 radical (unpaired) electrons. The first-order valence-corrected chi connectivity index (χ1v) is 12.4. The van der Waals surface area contributed by atoms with Crippen LogP contribution in [0, 0.1) is 5.82 Å². The zero-order valence-electron chi connectivity index (χ0n) is 18.1. The fraction of sp³-hybridized carbons (Fsp3) is 0.478. The first-order chi connectivity index (χ1) is 14.9. The molecule has 6 nitrogen and oxygen atoms in total. The lowest BCUT2D eigenvalue weighted by Gasteiger charge is -2.35. The molecule has 4 rings (SSSR count). The Kier molecular flexibility index (Phi) is 6.50. The van der Waals surface area contributed by atoms with E-state index in [1.807, 2.05) is 0 Å². The first-order valence-electron chi connectivity index (χ1n) is 10.8. The Balaban J connectivity index is 1.54. The molecule has 0 spiro atoms. The van der Waals surface area contributed by atoms with Gasteiger partial charge in [0.05, 0.1) is 5.75 Å². The number of halogens is 1. The minimum absolute atomic E-state index is 0.140. The third-order valence-corrected chi connectivity index (χ3v) is 8.04. The van der Waals surface area contributed by atoms with Gasteiger partial charge in [-0.25, -0.2) is 12.8 Å². The quantitative estimate of drug-likeness (QED) is 0.704. The zero-order chi connectivity index (χ0) is 22.0. The molecule has 0 saturated carbocycles. The number of para-hydroxylation sites is 1. The molecule has 2 aromatic rings. The number of anilines is 1. The number of fused-ring (bicyclic) bond motifs is 1. The minimum Gasteiger partial charge on any atom is -0.483 e. The predicted molar refractivity (Wildman–Crippen MR) is 120 cm³/mol. The number of benzene rings is 2. The van der Waals surface area contributed by atoms with Gasteiger partial charge in [-0.3, -0.25) is 0 Å². The van der Waals surface area contributed by atoms with E-state index in [4.69, 9.17) is 4.74 Å². The topological polar surface area (TPSA) is 53.1 Å². The number of sulfonamides is 1. The standard InChI is InChI=1S/C23H30FN3O3S/c1-3-31(28,29)27-14-12-26(13-15-27)19-8-9-20-18(16-19)17-25(2)11-10-22(20)30-23-7-5-4-6-21(23)24/h4-9,16,22H,3,10-15,17H2,1-2H3. The van der Waals surface area contributed by atoms with Gasteiger partial charge in [-0.15, -0.1) is 0 Å². The molecule has 1 fully saturated rings. The van der Waals surface area contributed by atoms with Crippen molar-refractivity contribution in [3.63, 3.8) is 0 Å². The van der Waals surface area contributed by atoms with E-state index >= 15 is 0 Å². The Morgan fingerprint density at radius 3 is 2.52 bits per heavy atom. The molecule has 0 amide bonds. The number of hydrogen-bond donors (Lipinski definition) is 0. The molecule has 0 N–H and O–H groups in total. The van der Waals surface area contributed by atoms with Crippen LogP contribution in [0.15, 0.2) is 42.5 Å². The lowest BCUT2D eigenvalue weighted by atomic mass is 10.00. The van der Waals surface area contributed by atoms with Gasteiger partial charge in [0, 0.05) is 51.4 Å². The number of ether oxygens (including phenoxy) is 1. The zero-order valence-corrected chi connectivity index (χ0v) is 18.9. The summed E-state index contributed by atoms with van der Waals surface area (Å²) in [5, 5.41) is 0. The molecule has 1 atom stereocenters. The van der Waals surface area contributed by atoms with E-state index in [-0.39, 0.29) is 23.4 Å². The highest BCUT2D eigenvalue weighted by Crippen LogP contribution is 2.34. The van der Waals surface area contributed by atoms with Crippen LogP contribution in [0.25, 0.3) is 0 Å². The Morgan fingerprint density at radius 1 is 1.06 bits per heavy atom. The van der Waals surface area contributed by atoms with Crippen molar-refractivity contribution in [2.75, 3.05) is 50.4 Å². The van der Waals surface area contributed by atoms with Crippen LogP contribution in [0.4, 0.5) is 10.1 Å². The fourth-order valence-electron chi connectivity index (χ4n) is 4.33. The second-order valence-electron chi connectivity index (χ2n) is 8.23. The van der Waals surface area contributed by atoms with Crippen molar-refractivity contribution >= 4 is 15.7 Å². The summed E-state index contributed by atoms with van der Waals surface area (Å²) in [4.78, 5) is 4.48. The summed E-state index contributed by atoms with van der Waals surface area (Å²) in [5.41, 5.74) is 3.35. The molecule has 1 unspecified atom stereocenters. The summed E-state index contributed by atoms with van der Waals surface area (Å²) in [5.74, 6) is 0.0696. The van der Waals surface area contributed by atoms with Gasteiger partial charge in [-0.05, 0) is 49.4 Å². The average molecular weight is 448 g/mol. The molecule has 2 aliphatic rings. The second kappa shape index (κ2) is 9.14. The average Bonchev–Trinajstić information content (AvgIpc) is 2.93. The summed E-state index contributed by atoms with van der Waals surface area (Å²) in [6.07, 6.45) is 0.572. The van der Waals surface area contributed by atoms with Gasteiger partial charge in [0.2, 0.25) is 10.0 Å². The van der Waals surface area contributed by atoms with Crippen LogP contribution in [0.5, 0.6) is 5.75 Å². The van der Waals surface area contributed by atoms with Gasteiger partial charge >= 0.3 is 0 Å². The van der Waals surface area contributed by atoms with Gasteiger partial charge < -0.3 is 14.5 Å². The van der Waals surface area contributed by atoms with Crippen LogP contribution >= 0.6 is 0 Å². The molecule has 31 heavy (non-hydrogen) atoms. The molecule has 2 aromatic carbocycles. The van der Waals surface area contributed by atoms with Gasteiger partial charge in [0.1, 0.15) is 6.10 Å². The van der Waals surface area contributed by atoms with Crippen LogP contribution < -0.4 is 9.64 Å². The van der Waals surface area contributed by atoms with E-state index < -0.39 is 10.0 Å². The Bertz CT molecular complexity index is 1020. The normalized spacial score (nSPS) is 20.9. The number of rotatable bonds is 5. The second-order valence-corrected chi connectivity index (χ2v) is 10.5. The monoisotopic (exact) mass is 447 g/mol. The third kappa shape index (κ3) is 4.86. The Morgan fingerprint density at radius 2 is 1.81 bits per heavy atom. The number of piperazine rings is 1. The van der Waals surface area contributed by atoms with Crippen molar-refractivity contribution < 1.29 is 17.5 Å². The molecule has 8 heteroatoms. The number of hydrogen-bond acceptors (Lipinski definition) is 5. The van der Waals surface area contributed by atoms with Crippen molar-refractivity contribution in [3.05, 3.63) is 59.4 Å². The van der Waals surface area contributed by atoms with E-state index in [2.05, 4.69) is 35.0 Å². The molecule has 2 aliphatic heterocycles. The molecular formula is C23H30FN3O3S. The summed E-state index contributed by atoms with van der Waals surface area (Å²) in [6.45, 7) is 5.69.